The van der Waals surface area contributed by atoms with Gasteiger partial charge < -0.3 is 14.7 Å². The van der Waals surface area contributed by atoms with Crippen LogP contribution in [-0.2, 0) is 4.74 Å². The Hall–Kier alpha value is -1.13. The number of aliphatic hydroxyl groups excluding tert-OH is 1. The molecule has 2 rings (SSSR count). The van der Waals surface area contributed by atoms with Crippen LogP contribution >= 0.6 is 0 Å². The van der Waals surface area contributed by atoms with Crippen LogP contribution in [0.2, 0.25) is 0 Å². The van der Waals surface area contributed by atoms with Crippen LogP contribution in [0.1, 0.15) is 25.5 Å². The smallest absolute Gasteiger partial charge is 0.128 e. The second kappa shape index (κ2) is 4.80. The number of aromatic nitrogens is 1. The molecule has 0 aliphatic carbocycles. The monoisotopic (exact) mass is 222 g/mol. The average molecular weight is 222 g/mol. The molecule has 1 aromatic heterocycles. The van der Waals surface area contributed by atoms with Gasteiger partial charge >= 0.3 is 0 Å². The molecule has 0 radical (unpaired) electrons. The van der Waals surface area contributed by atoms with Crippen LogP contribution in [0, 0.1) is 0 Å². The number of morpholine rings is 1. The SMILES string of the molecule is CC1CN(c2ccc([C@H](C)O)cn2)CCO1. The van der Waals surface area contributed by atoms with Crippen molar-refractivity contribution in [2.45, 2.75) is 26.1 Å². The van der Waals surface area contributed by atoms with E-state index in [9.17, 15) is 5.11 Å². The number of hydrogen-bond acceptors (Lipinski definition) is 4. The van der Waals surface area contributed by atoms with E-state index in [1.807, 2.05) is 12.1 Å². The van der Waals surface area contributed by atoms with E-state index in [4.69, 9.17) is 4.74 Å². The highest BCUT2D eigenvalue weighted by Crippen LogP contribution is 2.17. The Kier molecular flexibility index (Phi) is 3.41. The van der Waals surface area contributed by atoms with Crippen LogP contribution in [0.5, 0.6) is 0 Å². The standard InChI is InChI=1S/C12H18N2O2/c1-9-8-14(5-6-16-9)12-4-3-11(7-13-12)10(2)15/h3-4,7,9-10,15H,5-6,8H2,1-2H3/t9?,10-/m0/s1. The number of hydrogen-bond donors (Lipinski definition) is 1. The number of ether oxygens (including phenoxy) is 1. The Bertz CT molecular complexity index is 337. The van der Waals surface area contributed by atoms with Gasteiger partial charge in [-0.05, 0) is 25.5 Å². The molecule has 0 bridgehead atoms. The maximum absolute atomic E-state index is 9.39. The zero-order valence-electron chi connectivity index (χ0n) is 9.76. The predicted molar refractivity (Wildman–Crippen MR) is 62.5 cm³/mol. The molecule has 4 heteroatoms. The van der Waals surface area contributed by atoms with E-state index in [0.29, 0.717) is 0 Å². The highest BCUT2D eigenvalue weighted by atomic mass is 16.5. The molecule has 1 saturated heterocycles. The van der Waals surface area contributed by atoms with Gasteiger partial charge in [-0.15, -0.1) is 0 Å². The van der Waals surface area contributed by atoms with Gasteiger partial charge in [0.05, 0.1) is 18.8 Å². The molecule has 0 spiro atoms. The van der Waals surface area contributed by atoms with Crippen molar-refractivity contribution < 1.29 is 9.84 Å². The zero-order chi connectivity index (χ0) is 11.5. The molecule has 2 atom stereocenters. The van der Waals surface area contributed by atoms with E-state index in [-0.39, 0.29) is 6.10 Å². The number of nitrogens with zero attached hydrogens (tertiary/aromatic N) is 2. The van der Waals surface area contributed by atoms with Crippen LogP contribution in [0.3, 0.4) is 0 Å². The lowest BCUT2D eigenvalue weighted by molar-refractivity contribution is 0.0529. The highest BCUT2D eigenvalue weighted by Gasteiger charge is 2.17. The van der Waals surface area contributed by atoms with Crippen molar-refractivity contribution >= 4 is 5.82 Å². The lowest BCUT2D eigenvalue weighted by atomic mass is 10.2. The number of anilines is 1. The van der Waals surface area contributed by atoms with Gasteiger partial charge in [0.1, 0.15) is 5.82 Å². The van der Waals surface area contributed by atoms with Crippen LogP contribution in [0.15, 0.2) is 18.3 Å². The maximum atomic E-state index is 9.39. The first kappa shape index (κ1) is 11.4. The Morgan fingerprint density at radius 1 is 1.56 bits per heavy atom. The summed E-state index contributed by atoms with van der Waals surface area (Å²) in [5.41, 5.74) is 0.852. The van der Waals surface area contributed by atoms with Crippen molar-refractivity contribution in [2.24, 2.45) is 0 Å². The van der Waals surface area contributed by atoms with Gasteiger partial charge in [-0.3, -0.25) is 0 Å². The van der Waals surface area contributed by atoms with Crippen molar-refractivity contribution in [1.82, 2.24) is 4.98 Å². The largest absolute Gasteiger partial charge is 0.389 e. The lowest BCUT2D eigenvalue weighted by Gasteiger charge is -2.32. The fourth-order valence-electron chi connectivity index (χ4n) is 1.86. The summed E-state index contributed by atoms with van der Waals surface area (Å²) in [6.45, 7) is 6.32. The van der Waals surface area contributed by atoms with Crippen molar-refractivity contribution in [3.8, 4) is 0 Å². The third kappa shape index (κ3) is 2.51. The van der Waals surface area contributed by atoms with Gasteiger partial charge in [0.15, 0.2) is 0 Å². The average Bonchev–Trinajstić information content (AvgIpc) is 2.29. The van der Waals surface area contributed by atoms with Gasteiger partial charge in [-0.1, -0.05) is 6.07 Å². The second-order valence-electron chi connectivity index (χ2n) is 4.25. The summed E-state index contributed by atoms with van der Waals surface area (Å²) in [4.78, 5) is 6.58. The molecule has 4 nitrogen and oxygen atoms in total. The minimum absolute atomic E-state index is 0.256. The fourth-order valence-corrected chi connectivity index (χ4v) is 1.86. The van der Waals surface area contributed by atoms with Gasteiger partial charge in [-0.25, -0.2) is 4.98 Å². The van der Waals surface area contributed by atoms with Crippen LogP contribution < -0.4 is 4.90 Å². The van der Waals surface area contributed by atoms with E-state index >= 15 is 0 Å². The van der Waals surface area contributed by atoms with Gasteiger partial charge in [0.25, 0.3) is 0 Å². The van der Waals surface area contributed by atoms with E-state index in [1.54, 1.807) is 13.1 Å². The molecule has 0 saturated carbocycles. The summed E-state index contributed by atoms with van der Waals surface area (Å²) in [6.07, 6.45) is 1.54. The van der Waals surface area contributed by atoms with E-state index in [2.05, 4.69) is 16.8 Å². The van der Waals surface area contributed by atoms with Gasteiger partial charge in [-0.2, -0.15) is 0 Å². The molecule has 1 aliphatic heterocycles. The van der Waals surface area contributed by atoms with Crippen molar-refractivity contribution in [1.29, 1.82) is 0 Å². The third-order valence-corrected chi connectivity index (χ3v) is 2.82. The molecule has 1 fully saturated rings. The summed E-state index contributed by atoms with van der Waals surface area (Å²) in [7, 11) is 0. The maximum Gasteiger partial charge on any atom is 0.128 e. The highest BCUT2D eigenvalue weighted by molar-refractivity contribution is 5.40. The summed E-state index contributed by atoms with van der Waals surface area (Å²) in [5.74, 6) is 0.958. The Morgan fingerprint density at radius 3 is 2.94 bits per heavy atom. The normalized spacial score (nSPS) is 23.2. The van der Waals surface area contributed by atoms with E-state index < -0.39 is 6.10 Å². The first-order valence-electron chi connectivity index (χ1n) is 5.67. The molecule has 1 N–H and O–H groups in total. The number of rotatable bonds is 2. The van der Waals surface area contributed by atoms with Crippen molar-refractivity contribution in [3.63, 3.8) is 0 Å². The summed E-state index contributed by atoms with van der Waals surface area (Å²) in [6, 6.07) is 3.88. The Morgan fingerprint density at radius 2 is 2.38 bits per heavy atom. The van der Waals surface area contributed by atoms with Gasteiger partial charge in [0.2, 0.25) is 0 Å². The fraction of sp³-hybridized carbons (Fsp3) is 0.583. The van der Waals surface area contributed by atoms with E-state index in [0.717, 1.165) is 31.1 Å². The molecule has 88 valence electrons. The van der Waals surface area contributed by atoms with Crippen LogP contribution in [0.25, 0.3) is 0 Å². The molecule has 1 unspecified atom stereocenters. The lowest BCUT2D eigenvalue weighted by Crippen LogP contribution is -2.41. The zero-order valence-corrected chi connectivity index (χ0v) is 9.76. The number of aliphatic hydroxyl groups is 1. The third-order valence-electron chi connectivity index (χ3n) is 2.82. The van der Waals surface area contributed by atoms with Crippen LogP contribution in [-0.4, -0.2) is 35.9 Å². The molecule has 1 aromatic rings. The predicted octanol–water partition coefficient (Wildman–Crippen LogP) is 1.36. The first-order valence-corrected chi connectivity index (χ1v) is 5.67. The molecule has 0 amide bonds. The Labute approximate surface area is 95.9 Å². The number of pyridine rings is 1. The van der Waals surface area contributed by atoms with E-state index in [1.165, 1.54) is 0 Å². The minimum Gasteiger partial charge on any atom is -0.389 e. The molecule has 0 aromatic carbocycles. The first-order chi connectivity index (χ1) is 7.66. The Balaban J connectivity index is 2.09. The molecule has 16 heavy (non-hydrogen) atoms. The topological polar surface area (TPSA) is 45.6 Å². The van der Waals surface area contributed by atoms with Crippen LogP contribution in [0.4, 0.5) is 5.82 Å². The molecular weight excluding hydrogens is 204 g/mol. The van der Waals surface area contributed by atoms with Crippen molar-refractivity contribution in [3.05, 3.63) is 23.9 Å². The minimum atomic E-state index is -0.454. The molecular formula is C12H18N2O2. The summed E-state index contributed by atoms with van der Waals surface area (Å²) in [5, 5.41) is 9.39. The second-order valence-corrected chi connectivity index (χ2v) is 4.25. The molecule has 2 heterocycles. The quantitative estimate of drug-likeness (QED) is 0.820. The molecule has 1 aliphatic rings. The summed E-state index contributed by atoms with van der Waals surface area (Å²) < 4.78 is 5.48. The van der Waals surface area contributed by atoms with Gasteiger partial charge in [0, 0.05) is 19.3 Å². The summed E-state index contributed by atoms with van der Waals surface area (Å²) >= 11 is 0. The van der Waals surface area contributed by atoms with Crippen molar-refractivity contribution in [2.75, 3.05) is 24.6 Å².